The molecule has 144 heavy (non-hydrogen) atoms. The molecule has 0 unspecified atom stereocenters. The highest BCUT2D eigenvalue weighted by molar-refractivity contribution is 9.11. The van der Waals surface area contributed by atoms with E-state index in [1.54, 1.807) is 38.6 Å². The quantitative estimate of drug-likeness (QED) is 0.0657. The number of halogens is 12. The number of fused-ring (bicyclic) bond motifs is 8. The molecule has 6 amide bonds. The molecule has 6 saturated heterocycles. The van der Waals surface area contributed by atoms with Gasteiger partial charge in [-0.05, 0) is 281 Å². The predicted molar refractivity (Wildman–Crippen MR) is 574 cm³/mol. The van der Waals surface area contributed by atoms with Crippen LogP contribution in [0.25, 0.3) is 0 Å². The summed E-state index contributed by atoms with van der Waals surface area (Å²) in [4.78, 5) is 96.6. The lowest BCUT2D eigenvalue weighted by Gasteiger charge is -2.39. The number of carbonyl (C=O) groups excluding carboxylic acids is 6. The van der Waals surface area contributed by atoms with Gasteiger partial charge in [0.1, 0.15) is 38.3 Å². The van der Waals surface area contributed by atoms with Gasteiger partial charge in [-0.2, -0.15) is 0 Å². The Hall–Kier alpha value is -7.36. The van der Waals surface area contributed by atoms with E-state index in [4.69, 9.17) is 46.4 Å². The van der Waals surface area contributed by atoms with Gasteiger partial charge >= 0.3 is 0 Å². The van der Waals surface area contributed by atoms with Crippen molar-refractivity contribution < 1.29 is 77.7 Å². The summed E-state index contributed by atoms with van der Waals surface area (Å²) in [5.74, 6) is 1.63. The van der Waals surface area contributed by atoms with E-state index in [0.717, 1.165) is 217 Å². The Morgan fingerprint density at radius 1 is 0.299 bits per heavy atom. The Bertz CT molecular complexity index is 5890. The van der Waals surface area contributed by atoms with Crippen LogP contribution >= 0.6 is 174 Å². The van der Waals surface area contributed by atoms with Crippen LogP contribution in [0.1, 0.15) is 177 Å². The van der Waals surface area contributed by atoms with Gasteiger partial charge in [0.2, 0.25) is 60.2 Å². The van der Waals surface area contributed by atoms with Crippen LogP contribution in [-0.4, -0.2) is 236 Å². The zero-order valence-electron chi connectivity index (χ0n) is 80.7. The summed E-state index contributed by atoms with van der Waals surface area (Å²) in [5.41, 5.74) is 19.1. The second kappa shape index (κ2) is 47.9. The van der Waals surface area contributed by atoms with Gasteiger partial charge in [0, 0.05) is 261 Å². The molecule has 6 fully saturated rings. The van der Waals surface area contributed by atoms with E-state index in [0.29, 0.717) is 162 Å². The van der Waals surface area contributed by atoms with Crippen LogP contribution in [0.2, 0.25) is 20.1 Å². The van der Waals surface area contributed by atoms with E-state index >= 15 is 0 Å². The summed E-state index contributed by atoms with van der Waals surface area (Å²) in [6, 6.07) is 31.6. The molecule has 10 aromatic rings. The van der Waals surface area contributed by atoms with Gasteiger partial charge in [0.05, 0.1) is 30.7 Å². The maximum atomic E-state index is 13.2. The largest absolute Gasteiger partial charge is 0.343 e. The van der Waals surface area contributed by atoms with Crippen molar-refractivity contribution in [1.82, 2.24) is 49.0 Å². The number of hydrogen-bond donors (Lipinski definition) is 4. The first-order chi connectivity index (χ1) is 69.0. The summed E-state index contributed by atoms with van der Waals surface area (Å²) >= 11 is 54.9. The average molecular weight is 2560 g/mol. The molecule has 20 rings (SSSR count). The number of carbonyl (C=O) groups is 6. The zero-order valence-corrected chi connectivity index (χ0v) is 96.4. The summed E-state index contributed by atoms with van der Waals surface area (Å²) in [6.45, 7) is 17.1. The number of pyridine rings is 6. The third-order valence-electron chi connectivity index (χ3n) is 30.0. The molecule has 0 spiro atoms. The van der Waals surface area contributed by atoms with Gasteiger partial charge in [-0.25, -0.2) is 9.13 Å². The number of nitrogens with zero attached hydrogens (tertiary/aromatic N) is 16. The first-order valence-corrected chi connectivity index (χ1v) is 57.0. The van der Waals surface area contributed by atoms with Crippen molar-refractivity contribution in [2.75, 3.05) is 131 Å². The second-order valence-corrected chi connectivity index (χ2v) is 48.0. The third-order valence-corrected chi connectivity index (χ3v) is 35.3. The molecule has 6 aliphatic heterocycles. The fourth-order valence-corrected chi connectivity index (χ4v) is 28.8. The predicted octanol–water partition coefficient (Wildman–Crippen LogP) is 16.3. The number of hydrogen-bond acceptors (Lipinski definition) is 14. The maximum absolute atomic E-state index is 13.2. The Labute approximate surface area is 927 Å². The molecule has 26 nitrogen and oxygen atoms in total. The second-order valence-electron chi connectivity index (χ2n) is 39.2. The van der Waals surface area contributed by atoms with Gasteiger partial charge in [0.15, 0.2) is 24.8 Å². The van der Waals surface area contributed by atoms with Gasteiger partial charge in [-0.15, -0.1) is 0 Å². The van der Waals surface area contributed by atoms with E-state index < -0.39 is 0 Å². The lowest BCUT2D eigenvalue weighted by atomic mass is 9.92. The van der Waals surface area contributed by atoms with Crippen molar-refractivity contribution in [1.29, 1.82) is 0 Å². The summed E-state index contributed by atoms with van der Waals surface area (Å²) in [5, 5.41) is 46.9. The van der Waals surface area contributed by atoms with E-state index in [1.165, 1.54) is 41.2 Å². The lowest BCUT2D eigenvalue weighted by molar-refractivity contribution is -0.911. The molecule has 4 aliphatic carbocycles. The minimum atomic E-state index is -0.162. The van der Waals surface area contributed by atoms with Crippen molar-refractivity contribution >= 4 is 209 Å². The molecule has 12 heterocycles. The molecule has 4 atom stereocenters. The molecular formula is C106H118Br8Cl4N16O10+6. The van der Waals surface area contributed by atoms with Crippen molar-refractivity contribution in [3.05, 3.63) is 303 Å². The SMILES string of the molecule is CC(=O)N1CCC(CC(=O)N2CCN([C@@H]3c4c(Br)cc(Cl)cc4CCc4cc(Br)c[n+](O)c43)CC2)CC1.CC(=O)N1CCC(CC(=O)N2CCN([C@H]3c4c(Br)cc(Cl)cc4CCc4cc(Br)c[n+](O)c43)CC2)CC1.C[n+]1ccc(CC(=O)N2CCN([C@@H]3c4c(Br)cc(Cl)cc4CCc4cc(Br)c[n+](O)c43)CC2)cc1.C[n+]1ccc(CC(=O)N2CCN([C@H]3c4c(Br)cc(Cl)cc4CCc4cc(Br)c[n+](O)c43)CC2)cc1. The number of amides is 6. The number of benzene rings is 4. The van der Waals surface area contributed by atoms with Crippen molar-refractivity contribution in [2.45, 2.75) is 141 Å². The van der Waals surface area contributed by atoms with Crippen LogP contribution in [0.4, 0.5) is 0 Å². The van der Waals surface area contributed by atoms with Crippen molar-refractivity contribution in [3.8, 4) is 0 Å². The molecule has 10 aliphatic rings. The molecular weight excluding hydrogens is 2440 g/mol. The summed E-state index contributed by atoms with van der Waals surface area (Å²) < 4.78 is 16.1. The fourth-order valence-electron chi connectivity index (χ4n) is 22.5. The fraction of sp³-hybridized carbons (Fsp3) is 0.434. The van der Waals surface area contributed by atoms with Gasteiger partial charge in [-0.1, -0.05) is 110 Å². The van der Waals surface area contributed by atoms with Crippen molar-refractivity contribution in [2.24, 2.45) is 25.9 Å². The van der Waals surface area contributed by atoms with E-state index in [1.807, 2.05) is 150 Å². The van der Waals surface area contributed by atoms with Crippen LogP contribution in [-0.2, 0) is 107 Å². The van der Waals surface area contributed by atoms with Crippen LogP contribution in [0.3, 0.4) is 0 Å². The first-order valence-electron chi connectivity index (χ1n) is 49.1. The highest BCUT2D eigenvalue weighted by Gasteiger charge is 2.47. The molecule has 6 aromatic heterocycles. The van der Waals surface area contributed by atoms with Gasteiger partial charge < -0.3 is 29.4 Å². The minimum Gasteiger partial charge on any atom is -0.343 e. The molecule has 0 saturated carbocycles. The summed E-state index contributed by atoms with van der Waals surface area (Å²) in [6.07, 6.45) is 26.7. The Kier molecular flexibility index (Phi) is 35.9. The number of rotatable bonds is 12. The molecule has 4 N–H and O–H groups in total. The molecule has 760 valence electrons. The lowest BCUT2D eigenvalue weighted by Crippen LogP contribution is -2.52. The van der Waals surface area contributed by atoms with Crippen LogP contribution < -0.4 is 28.1 Å². The number of likely N-dealkylation sites (tertiary alicyclic amines) is 2. The normalized spacial score (nSPS) is 19.5. The summed E-state index contributed by atoms with van der Waals surface area (Å²) in [7, 11) is 3.94. The number of aryl methyl sites for hydroxylation is 10. The topological polar surface area (TPSA) is 239 Å². The Morgan fingerprint density at radius 2 is 0.514 bits per heavy atom. The van der Waals surface area contributed by atoms with E-state index in [-0.39, 0.29) is 59.6 Å². The monoisotopic (exact) mass is 2550 g/mol. The smallest absolute Gasteiger partial charge is 0.258 e. The van der Waals surface area contributed by atoms with Gasteiger partial charge in [-0.3, -0.25) is 69.2 Å². The van der Waals surface area contributed by atoms with E-state index in [2.05, 4.69) is 171 Å². The molecule has 0 radical (unpaired) electrons. The van der Waals surface area contributed by atoms with E-state index in [9.17, 15) is 49.6 Å². The number of aromatic nitrogens is 6. The number of piperazine rings is 4. The van der Waals surface area contributed by atoms with Crippen LogP contribution in [0, 0.1) is 11.8 Å². The van der Waals surface area contributed by atoms with Crippen molar-refractivity contribution in [3.63, 3.8) is 0 Å². The molecule has 4 aromatic carbocycles. The zero-order chi connectivity index (χ0) is 102. The highest BCUT2D eigenvalue weighted by Crippen LogP contribution is 2.48. The number of piperidine rings is 2. The van der Waals surface area contributed by atoms with Gasteiger partial charge in [0.25, 0.3) is 22.8 Å². The van der Waals surface area contributed by atoms with Crippen LogP contribution in [0.5, 0.6) is 0 Å². The highest BCUT2D eigenvalue weighted by atomic mass is 79.9. The minimum absolute atomic E-state index is 0.119. The molecule has 38 heteroatoms. The standard InChI is InChI=1S/2C27H32Br2ClN4O3.2C26H27Br2ClN4O2/c2*1-17(35)31-6-4-18(5-7-31)12-24(36)32-8-10-33(11-9-32)27-25-19(14-22(30)15-23(25)29)2-3-20-13-21(28)16-34(37)26(20)27;2*1-30-6-4-17(5-7-30)12-23(34)31-8-10-32(11-9-31)26-24-18(14-21(29)15-22(24)28)2-3-19-13-20(27)16-33(35)25(19)26/h2*13-16,18,27,37H,2-12H2,1H3;2*4-7,13-16,26,35H,2-3,8-12H2,1H3/q2*+1;2*+2/t2*27-;2*26-/m1010/s1. The molecule has 0 bridgehead atoms. The third kappa shape index (κ3) is 25.2. The Morgan fingerprint density at radius 3 is 0.736 bits per heavy atom. The first kappa shape index (κ1) is 108. The Balaban J connectivity index is 0.000000132. The van der Waals surface area contributed by atoms with Crippen LogP contribution in [0.15, 0.2) is 182 Å². The average Bonchev–Trinajstić information content (AvgIpc) is 1.57. The maximum Gasteiger partial charge on any atom is 0.258 e.